The molecular weight excluding hydrogens is 376 g/mol. The van der Waals surface area contributed by atoms with Crippen molar-refractivity contribution in [2.75, 3.05) is 5.32 Å². The topological polar surface area (TPSA) is 93.1 Å². The van der Waals surface area contributed by atoms with Gasteiger partial charge >= 0.3 is 0 Å². The molecular formula is C20H22N4O3S. The van der Waals surface area contributed by atoms with Crippen molar-refractivity contribution >= 4 is 39.1 Å². The molecule has 8 heteroatoms. The first-order valence-electron chi connectivity index (χ1n) is 8.93. The van der Waals surface area contributed by atoms with Gasteiger partial charge in [0.05, 0.1) is 11.7 Å². The van der Waals surface area contributed by atoms with Crippen LogP contribution in [-0.2, 0) is 22.7 Å². The van der Waals surface area contributed by atoms with Crippen LogP contribution in [0.25, 0.3) is 10.2 Å². The van der Waals surface area contributed by atoms with Crippen LogP contribution in [0.5, 0.6) is 0 Å². The van der Waals surface area contributed by atoms with Crippen LogP contribution in [0.1, 0.15) is 29.3 Å². The number of hydrogen-bond acceptors (Lipinski definition) is 5. The van der Waals surface area contributed by atoms with Gasteiger partial charge in [0.25, 0.3) is 5.56 Å². The lowest BCUT2D eigenvalue weighted by Crippen LogP contribution is -2.27. The van der Waals surface area contributed by atoms with Crippen molar-refractivity contribution in [2.24, 2.45) is 0 Å². The summed E-state index contributed by atoms with van der Waals surface area (Å²) in [6.45, 7) is 5.96. The van der Waals surface area contributed by atoms with Gasteiger partial charge in [0.1, 0.15) is 4.83 Å². The van der Waals surface area contributed by atoms with Crippen LogP contribution in [0.15, 0.2) is 35.4 Å². The second-order valence-electron chi connectivity index (χ2n) is 6.61. The van der Waals surface area contributed by atoms with E-state index in [1.807, 2.05) is 32.0 Å². The molecule has 7 nitrogen and oxygen atoms in total. The zero-order valence-corrected chi connectivity index (χ0v) is 16.9. The van der Waals surface area contributed by atoms with Crippen LogP contribution >= 0.6 is 11.3 Å². The number of nitrogens with zero attached hydrogens (tertiary/aromatic N) is 2. The Morgan fingerprint density at radius 3 is 2.79 bits per heavy atom. The molecule has 0 aliphatic heterocycles. The fourth-order valence-electron chi connectivity index (χ4n) is 2.90. The number of aromatic nitrogens is 2. The van der Waals surface area contributed by atoms with E-state index in [1.165, 1.54) is 29.2 Å². The number of hydrogen-bond donors (Lipinski definition) is 2. The van der Waals surface area contributed by atoms with Crippen LogP contribution in [0, 0.1) is 13.8 Å². The molecule has 0 aliphatic rings. The van der Waals surface area contributed by atoms with Gasteiger partial charge in [-0.15, -0.1) is 11.3 Å². The number of rotatable bonds is 6. The lowest BCUT2D eigenvalue weighted by atomic mass is 10.2. The summed E-state index contributed by atoms with van der Waals surface area (Å²) in [4.78, 5) is 42.1. The van der Waals surface area contributed by atoms with E-state index < -0.39 is 0 Å². The minimum Gasteiger partial charge on any atom is -0.352 e. The maximum atomic E-state index is 12.6. The summed E-state index contributed by atoms with van der Waals surface area (Å²) in [6, 6.07) is 7.29. The molecule has 0 fully saturated rings. The molecule has 0 aliphatic carbocycles. The number of carbonyl (C=O) groups is 2. The Bertz CT molecular complexity index is 1100. The zero-order valence-electron chi connectivity index (χ0n) is 16.0. The first-order chi connectivity index (χ1) is 13.3. The van der Waals surface area contributed by atoms with Gasteiger partial charge in [0, 0.05) is 37.0 Å². The molecule has 0 spiro atoms. The smallest absolute Gasteiger partial charge is 0.262 e. The zero-order chi connectivity index (χ0) is 20.3. The van der Waals surface area contributed by atoms with Crippen LogP contribution in [0.4, 0.5) is 5.69 Å². The minimum atomic E-state index is -0.157. The summed E-state index contributed by atoms with van der Waals surface area (Å²) in [5.41, 5.74) is 2.41. The van der Waals surface area contributed by atoms with Crippen LogP contribution in [0.3, 0.4) is 0 Å². The molecule has 1 aromatic carbocycles. The van der Waals surface area contributed by atoms with Crippen molar-refractivity contribution in [1.82, 2.24) is 14.9 Å². The van der Waals surface area contributed by atoms with E-state index in [0.29, 0.717) is 17.6 Å². The molecule has 2 aromatic heterocycles. The van der Waals surface area contributed by atoms with Crippen molar-refractivity contribution in [3.05, 3.63) is 57.0 Å². The first-order valence-corrected chi connectivity index (χ1v) is 9.75. The summed E-state index contributed by atoms with van der Waals surface area (Å²) in [5, 5.41) is 6.19. The summed E-state index contributed by atoms with van der Waals surface area (Å²) in [5.74, 6) is -0.302. The quantitative estimate of drug-likeness (QED) is 0.668. The molecule has 146 valence electrons. The number of anilines is 1. The number of fused-ring (bicyclic) bond motifs is 1. The predicted molar refractivity (Wildman–Crippen MR) is 111 cm³/mol. The molecule has 3 rings (SSSR count). The van der Waals surface area contributed by atoms with E-state index in [2.05, 4.69) is 15.6 Å². The van der Waals surface area contributed by atoms with E-state index >= 15 is 0 Å². The number of amides is 2. The van der Waals surface area contributed by atoms with E-state index in [0.717, 1.165) is 20.8 Å². The predicted octanol–water partition coefficient (Wildman–Crippen LogP) is 2.74. The van der Waals surface area contributed by atoms with Crippen LogP contribution in [0.2, 0.25) is 0 Å². The molecule has 2 heterocycles. The summed E-state index contributed by atoms with van der Waals surface area (Å²) in [6.07, 6.45) is 1.69. The van der Waals surface area contributed by atoms with Crippen molar-refractivity contribution in [3.8, 4) is 0 Å². The standard InChI is InChI=1S/C20H22N4O3S/c1-12-13(2)28-19-18(12)20(27)24(11-22-19)8-7-17(26)21-10-15-5-4-6-16(9-15)23-14(3)25/h4-6,9,11H,7-8,10H2,1-3H3,(H,21,26)(H,23,25). The summed E-state index contributed by atoms with van der Waals surface area (Å²) >= 11 is 1.51. The van der Waals surface area contributed by atoms with Gasteiger partial charge in [-0.05, 0) is 37.1 Å². The van der Waals surface area contributed by atoms with E-state index in [1.54, 1.807) is 6.07 Å². The third kappa shape index (κ3) is 4.45. The van der Waals surface area contributed by atoms with Gasteiger partial charge in [0.2, 0.25) is 11.8 Å². The van der Waals surface area contributed by atoms with Crippen LogP contribution in [-0.4, -0.2) is 21.4 Å². The monoisotopic (exact) mass is 398 g/mol. The van der Waals surface area contributed by atoms with Crippen molar-refractivity contribution in [1.29, 1.82) is 0 Å². The molecule has 0 saturated heterocycles. The van der Waals surface area contributed by atoms with Crippen molar-refractivity contribution in [3.63, 3.8) is 0 Å². The van der Waals surface area contributed by atoms with Gasteiger partial charge in [-0.3, -0.25) is 19.0 Å². The fourth-order valence-corrected chi connectivity index (χ4v) is 3.89. The van der Waals surface area contributed by atoms with E-state index in [-0.39, 0.29) is 30.3 Å². The Hall–Kier alpha value is -3.00. The molecule has 3 aromatic rings. The Balaban J connectivity index is 1.60. The lowest BCUT2D eigenvalue weighted by Gasteiger charge is -2.09. The first kappa shape index (κ1) is 19.8. The van der Waals surface area contributed by atoms with Gasteiger partial charge in [-0.1, -0.05) is 12.1 Å². The largest absolute Gasteiger partial charge is 0.352 e. The lowest BCUT2D eigenvalue weighted by molar-refractivity contribution is -0.121. The van der Waals surface area contributed by atoms with Gasteiger partial charge in [0.15, 0.2) is 0 Å². The average molecular weight is 398 g/mol. The molecule has 0 unspecified atom stereocenters. The molecule has 0 bridgehead atoms. The van der Waals surface area contributed by atoms with E-state index in [9.17, 15) is 14.4 Å². The molecule has 28 heavy (non-hydrogen) atoms. The number of thiophene rings is 1. The normalized spacial score (nSPS) is 10.8. The van der Waals surface area contributed by atoms with Crippen LogP contribution < -0.4 is 16.2 Å². The molecule has 2 N–H and O–H groups in total. The van der Waals surface area contributed by atoms with Gasteiger partial charge in [-0.2, -0.15) is 0 Å². The van der Waals surface area contributed by atoms with Crippen molar-refractivity contribution < 1.29 is 9.59 Å². The summed E-state index contributed by atoms with van der Waals surface area (Å²) < 4.78 is 1.48. The Kier molecular flexibility index (Phi) is 5.89. The third-order valence-corrected chi connectivity index (χ3v) is 5.59. The second kappa shape index (κ2) is 8.35. The maximum absolute atomic E-state index is 12.6. The number of nitrogens with one attached hydrogen (secondary N) is 2. The molecule has 0 saturated carbocycles. The SMILES string of the molecule is CC(=O)Nc1cccc(CNC(=O)CCn2cnc3sc(C)c(C)c3c2=O)c1. The maximum Gasteiger partial charge on any atom is 0.262 e. The number of benzene rings is 1. The van der Waals surface area contributed by atoms with Crippen molar-refractivity contribution in [2.45, 2.75) is 40.3 Å². The third-order valence-electron chi connectivity index (χ3n) is 4.47. The van der Waals surface area contributed by atoms with E-state index in [4.69, 9.17) is 0 Å². The van der Waals surface area contributed by atoms with Gasteiger partial charge in [-0.25, -0.2) is 4.98 Å². The molecule has 0 radical (unpaired) electrons. The highest BCUT2D eigenvalue weighted by atomic mass is 32.1. The second-order valence-corrected chi connectivity index (χ2v) is 7.82. The highest BCUT2D eigenvalue weighted by molar-refractivity contribution is 7.18. The average Bonchev–Trinajstić information content (AvgIpc) is 2.94. The molecule has 0 atom stereocenters. The molecule has 2 amide bonds. The highest BCUT2D eigenvalue weighted by Crippen LogP contribution is 2.25. The number of carbonyl (C=O) groups excluding carboxylic acids is 2. The Labute approximate surface area is 166 Å². The Morgan fingerprint density at radius 2 is 2.04 bits per heavy atom. The van der Waals surface area contributed by atoms with Gasteiger partial charge < -0.3 is 10.6 Å². The number of aryl methyl sites for hydroxylation is 3. The Morgan fingerprint density at radius 1 is 1.25 bits per heavy atom. The summed E-state index contributed by atoms with van der Waals surface area (Å²) in [7, 11) is 0. The minimum absolute atomic E-state index is 0.109. The fraction of sp³-hybridized carbons (Fsp3) is 0.300. The highest BCUT2D eigenvalue weighted by Gasteiger charge is 2.12.